The fraction of sp³-hybridized carbons (Fsp3) is 0.462. The molecule has 31 heavy (non-hydrogen) atoms. The Morgan fingerprint density at radius 1 is 1.00 bits per heavy atom. The zero-order valence-electron chi connectivity index (χ0n) is 17.9. The number of aryl methyl sites for hydroxylation is 1. The van der Waals surface area contributed by atoms with Gasteiger partial charge in [-0.1, -0.05) is 23.7 Å². The van der Waals surface area contributed by atoms with Crippen molar-refractivity contribution in [3.63, 3.8) is 0 Å². The van der Waals surface area contributed by atoms with Gasteiger partial charge in [0.05, 0.1) is 5.69 Å². The van der Waals surface area contributed by atoms with Crippen LogP contribution in [0.25, 0.3) is 0 Å². The van der Waals surface area contributed by atoms with Crippen molar-refractivity contribution in [2.45, 2.75) is 51.5 Å². The lowest BCUT2D eigenvalue weighted by Crippen LogP contribution is -2.33. The zero-order chi connectivity index (χ0) is 21.4. The number of rotatable bonds is 6. The van der Waals surface area contributed by atoms with Crippen LogP contribution in [0.5, 0.6) is 0 Å². The first-order valence-electron chi connectivity index (χ1n) is 11.5. The Labute approximate surface area is 189 Å². The molecular formula is C26H29ClN2O2. The summed E-state index contributed by atoms with van der Waals surface area (Å²) in [5.74, 6) is 1.11. The molecule has 0 aliphatic carbocycles. The normalized spacial score (nSPS) is 19.0. The lowest BCUT2D eigenvalue weighted by atomic mass is 9.89. The Balaban J connectivity index is 1.14. The molecule has 0 atom stereocenters. The van der Waals surface area contributed by atoms with Crippen molar-refractivity contribution in [3.8, 4) is 0 Å². The van der Waals surface area contributed by atoms with Crippen LogP contribution in [0.4, 0.5) is 5.69 Å². The van der Waals surface area contributed by atoms with E-state index in [4.69, 9.17) is 11.6 Å². The van der Waals surface area contributed by atoms with Gasteiger partial charge in [0.25, 0.3) is 0 Å². The molecule has 1 saturated heterocycles. The molecule has 2 aromatic carbocycles. The highest BCUT2D eigenvalue weighted by atomic mass is 35.5. The molecule has 1 amide bonds. The summed E-state index contributed by atoms with van der Waals surface area (Å²) in [7, 11) is 0. The van der Waals surface area contributed by atoms with Crippen LogP contribution < -0.4 is 4.90 Å². The van der Waals surface area contributed by atoms with Gasteiger partial charge in [-0.15, -0.1) is 0 Å². The average molecular weight is 437 g/mol. The smallest absolute Gasteiger partial charge is 0.227 e. The summed E-state index contributed by atoms with van der Waals surface area (Å²) >= 11 is 6.11. The molecule has 0 N–H and O–H groups in total. The number of benzene rings is 2. The number of carbonyl (C=O) groups is 2. The van der Waals surface area contributed by atoms with Crippen molar-refractivity contribution in [2.75, 3.05) is 24.5 Å². The van der Waals surface area contributed by atoms with Crippen LogP contribution in [0.1, 0.15) is 59.2 Å². The minimum absolute atomic E-state index is 0.229. The predicted molar refractivity (Wildman–Crippen MR) is 124 cm³/mol. The van der Waals surface area contributed by atoms with E-state index >= 15 is 0 Å². The summed E-state index contributed by atoms with van der Waals surface area (Å²) < 4.78 is 0. The van der Waals surface area contributed by atoms with Gasteiger partial charge in [-0.05, 0) is 92.1 Å². The lowest BCUT2D eigenvalue weighted by Gasteiger charge is -2.32. The van der Waals surface area contributed by atoms with Crippen molar-refractivity contribution in [1.29, 1.82) is 0 Å². The lowest BCUT2D eigenvalue weighted by molar-refractivity contribution is -0.118. The van der Waals surface area contributed by atoms with Crippen LogP contribution >= 0.6 is 11.6 Å². The second kappa shape index (κ2) is 8.76. The molecule has 3 heterocycles. The van der Waals surface area contributed by atoms with E-state index in [1.54, 1.807) is 0 Å². The average Bonchev–Trinajstić information content (AvgIpc) is 3.21. The number of halogens is 1. The third kappa shape index (κ3) is 4.42. The maximum Gasteiger partial charge on any atom is 0.227 e. The Morgan fingerprint density at radius 2 is 1.77 bits per heavy atom. The topological polar surface area (TPSA) is 40.6 Å². The highest BCUT2D eigenvalue weighted by Gasteiger charge is 2.32. The van der Waals surface area contributed by atoms with E-state index in [0.717, 1.165) is 74.6 Å². The van der Waals surface area contributed by atoms with Gasteiger partial charge < -0.3 is 4.90 Å². The Kier molecular flexibility index (Phi) is 5.85. The number of nitrogens with zero attached hydrogens (tertiary/aromatic N) is 2. The van der Waals surface area contributed by atoms with Gasteiger partial charge in [0.1, 0.15) is 0 Å². The van der Waals surface area contributed by atoms with Gasteiger partial charge in [-0.25, -0.2) is 0 Å². The fourth-order valence-electron chi connectivity index (χ4n) is 5.43. The molecule has 0 bridgehead atoms. The van der Waals surface area contributed by atoms with Crippen LogP contribution in [-0.4, -0.2) is 36.2 Å². The van der Waals surface area contributed by atoms with E-state index in [2.05, 4.69) is 17.0 Å². The van der Waals surface area contributed by atoms with Crippen LogP contribution in [0, 0.1) is 5.92 Å². The fourth-order valence-corrected chi connectivity index (χ4v) is 5.64. The van der Waals surface area contributed by atoms with Crippen LogP contribution in [0.3, 0.4) is 0 Å². The van der Waals surface area contributed by atoms with E-state index in [0.29, 0.717) is 18.8 Å². The molecule has 0 unspecified atom stereocenters. The van der Waals surface area contributed by atoms with Gasteiger partial charge in [-0.2, -0.15) is 0 Å². The highest BCUT2D eigenvalue weighted by molar-refractivity contribution is 6.30. The van der Waals surface area contributed by atoms with Crippen LogP contribution in [-0.2, 0) is 24.2 Å². The number of anilines is 1. The van der Waals surface area contributed by atoms with E-state index in [1.165, 1.54) is 16.7 Å². The Bertz CT molecular complexity index is 1010. The molecule has 0 aromatic heterocycles. The number of carbonyl (C=O) groups excluding carboxylic acids is 2. The van der Waals surface area contributed by atoms with E-state index < -0.39 is 0 Å². The molecule has 3 aliphatic heterocycles. The van der Waals surface area contributed by atoms with E-state index in [9.17, 15) is 9.59 Å². The molecule has 0 spiro atoms. The first kappa shape index (κ1) is 20.7. The number of Topliss-reactive ketones (excluding diaryl/α,β-unsaturated/α-hetero) is 1. The summed E-state index contributed by atoms with van der Waals surface area (Å²) in [6.45, 7) is 3.88. The third-order valence-corrected chi connectivity index (χ3v) is 7.39. The molecule has 3 aliphatic rings. The maximum atomic E-state index is 13.0. The van der Waals surface area contributed by atoms with Gasteiger partial charge in [0.2, 0.25) is 5.91 Å². The first-order chi connectivity index (χ1) is 15.1. The van der Waals surface area contributed by atoms with E-state index in [1.807, 2.05) is 29.2 Å². The van der Waals surface area contributed by atoms with Crippen molar-refractivity contribution in [3.05, 3.63) is 63.7 Å². The molecular weight excluding hydrogens is 408 g/mol. The molecule has 2 aromatic rings. The van der Waals surface area contributed by atoms with Crippen molar-refractivity contribution in [2.24, 2.45) is 5.92 Å². The quantitative estimate of drug-likeness (QED) is 0.595. The SMILES string of the molecule is O=C(CCC1CCN(Cc2cccc(Cl)c2)CC1)c1cc2c3c(c1)CCN3C(=O)CC2. The van der Waals surface area contributed by atoms with Gasteiger partial charge in [-0.3, -0.25) is 14.5 Å². The molecule has 5 heteroatoms. The van der Waals surface area contributed by atoms with Gasteiger partial charge in [0, 0.05) is 36.5 Å². The van der Waals surface area contributed by atoms with E-state index in [-0.39, 0.29) is 11.7 Å². The number of hydrogen-bond acceptors (Lipinski definition) is 3. The molecule has 5 rings (SSSR count). The van der Waals surface area contributed by atoms with Crippen molar-refractivity contribution >= 4 is 29.0 Å². The minimum atomic E-state index is 0.229. The summed E-state index contributed by atoms with van der Waals surface area (Å²) in [6, 6.07) is 12.2. The third-order valence-electron chi connectivity index (χ3n) is 7.16. The summed E-state index contributed by atoms with van der Waals surface area (Å²) in [4.78, 5) is 29.5. The second-order valence-corrected chi connectivity index (χ2v) is 9.69. The summed E-state index contributed by atoms with van der Waals surface area (Å²) in [5, 5.41) is 0.797. The van der Waals surface area contributed by atoms with Crippen LogP contribution in [0.15, 0.2) is 36.4 Å². The largest absolute Gasteiger partial charge is 0.312 e. The van der Waals surface area contributed by atoms with Crippen molar-refractivity contribution < 1.29 is 9.59 Å². The second-order valence-electron chi connectivity index (χ2n) is 9.25. The maximum absolute atomic E-state index is 13.0. The van der Waals surface area contributed by atoms with Crippen molar-refractivity contribution in [1.82, 2.24) is 4.90 Å². The summed E-state index contributed by atoms with van der Waals surface area (Å²) in [6.07, 6.45) is 6.11. The minimum Gasteiger partial charge on any atom is -0.312 e. The monoisotopic (exact) mass is 436 g/mol. The number of likely N-dealkylation sites (tertiary alicyclic amines) is 1. The summed E-state index contributed by atoms with van der Waals surface area (Å²) in [5.41, 5.74) is 5.58. The first-order valence-corrected chi connectivity index (χ1v) is 11.9. The predicted octanol–water partition coefficient (Wildman–Crippen LogP) is 5.05. The van der Waals surface area contributed by atoms with Gasteiger partial charge in [0.15, 0.2) is 5.78 Å². The molecule has 1 fully saturated rings. The molecule has 4 nitrogen and oxygen atoms in total. The van der Waals surface area contributed by atoms with Gasteiger partial charge >= 0.3 is 0 Å². The highest BCUT2D eigenvalue weighted by Crippen LogP contribution is 2.38. The standard InChI is InChI=1S/C26H29ClN2O2/c27-23-3-1-2-19(14-23)17-28-11-8-18(9-12-28)4-6-24(30)22-15-20-5-7-25(31)29-13-10-21(16-22)26(20)29/h1-3,14-16,18H,4-13,17H2. The molecule has 162 valence electrons. The number of hydrogen-bond donors (Lipinski definition) is 0. The molecule has 0 saturated carbocycles. The molecule has 0 radical (unpaired) electrons. The zero-order valence-corrected chi connectivity index (χ0v) is 18.7. The number of piperidine rings is 1. The van der Waals surface area contributed by atoms with Crippen LogP contribution in [0.2, 0.25) is 5.02 Å². The Morgan fingerprint density at radius 3 is 2.55 bits per heavy atom. The number of amides is 1. The Hall–Kier alpha value is -2.17. The number of ketones is 1.